The smallest absolute Gasteiger partial charge is 0.255 e. The fourth-order valence-electron chi connectivity index (χ4n) is 2.79. The first-order chi connectivity index (χ1) is 11.5. The van der Waals surface area contributed by atoms with Crippen LogP contribution >= 0.6 is 11.6 Å². The maximum absolute atomic E-state index is 13.5. The van der Waals surface area contributed by atoms with Crippen LogP contribution < -0.4 is 10.2 Å². The normalized spacial score (nSPS) is 15.4. The van der Waals surface area contributed by atoms with E-state index in [4.69, 9.17) is 11.6 Å². The molecule has 1 aliphatic heterocycles. The van der Waals surface area contributed by atoms with Crippen molar-refractivity contribution >= 4 is 28.9 Å². The van der Waals surface area contributed by atoms with Crippen molar-refractivity contribution in [3.63, 3.8) is 0 Å². The summed E-state index contributed by atoms with van der Waals surface area (Å²) in [5, 5.41) is 12.5. The molecule has 3 rings (SSSR count). The van der Waals surface area contributed by atoms with Gasteiger partial charge in [0.05, 0.1) is 22.5 Å². The van der Waals surface area contributed by atoms with E-state index in [1.807, 2.05) is 24.3 Å². The fraction of sp³-hybridized carbons (Fsp3) is 0.278. The van der Waals surface area contributed by atoms with Gasteiger partial charge >= 0.3 is 0 Å². The Morgan fingerprint density at radius 2 is 1.92 bits per heavy atom. The lowest BCUT2D eigenvalue weighted by Gasteiger charge is -2.32. The van der Waals surface area contributed by atoms with Gasteiger partial charge in [-0.25, -0.2) is 4.39 Å². The largest absolute Gasteiger partial charge is 0.393 e. The molecule has 24 heavy (non-hydrogen) atoms. The van der Waals surface area contributed by atoms with Crippen molar-refractivity contribution in [1.82, 2.24) is 0 Å². The minimum absolute atomic E-state index is 0.0150. The van der Waals surface area contributed by atoms with Gasteiger partial charge in [-0.2, -0.15) is 0 Å². The number of piperidine rings is 1. The summed E-state index contributed by atoms with van der Waals surface area (Å²) in [4.78, 5) is 14.5. The second-order valence-electron chi connectivity index (χ2n) is 5.82. The monoisotopic (exact) mass is 348 g/mol. The van der Waals surface area contributed by atoms with Crippen molar-refractivity contribution in [1.29, 1.82) is 0 Å². The van der Waals surface area contributed by atoms with Gasteiger partial charge in [0.2, 0.25) is 0 Å². The molecule has 2 aromatic carbocycles. The SMILES string of the molecule is O=C(Nc1ccccc1N1CCC(O)CC1)c1ccc(Cl)c(F)c1. The molecule has 6 heteroatoms. The summed E-state index contributed by atoms with van der Waals surface area (Å²) in [6.07, 6.45) is 1.13. The molecule has 1 fully saturated rings. The maximum Gasteiger partial charge on any atom is 0.255 e. The number of nitrogens with zero attached hydrogens (tertiary/aromatic N) is 1. The molecule has 0 bridgehead atoms. The zero-order valence-electron chi connectivity index (χ0n) is 13.0. The molecular formula is C18H18ClFN2O2. The van der Waals surface area contributed by atoms with E-state index < -0.39 is 11.7 Å². The highest BCUT2D eigenvalue weighted by Crippen LogP contribution is 2.29. The van der Waals surface area contributed by atoms with Crippen LogP contribution in [0, 0.1) is 5.82 Å². The van der Waals surface area contributed by atoms with E-state index in [1.165, 1.54) is 12.1 Å². The molecule has 1 amide bonds. The minimum Gasteiger partial charge on any atom is -0.393 e. The molecule has 0 unspecified atom stereocenters. The molecule has 0 spiro atoms. The van der Waals surface area contributed by atoms with Crippen molar-refractivity contribution in [3.8, 4) is 0 Å². The number of carbonyl (C=O) groups is 1. The van der Waals surface area contributed by atoms with Crippen LogP contribution in [0.1, 0.15) is 23.2 Å². The number of amides is 1. The second kappa shape index (κ2) is 7.20. The van der Waals surface area contributed by atoms with Gasteiger partial charge in [-0.3, -0.25) is 4.79 Å². The van der Waals surface area contributed by atoms with Crippen LogP contribution in [-0.2, 0) is 0 Å². The molecule has 0 radical (unpaired) electrons. The van der Waals surface area contributed by atoms with Crippen molar-refractivity contribution in [2.45, 2.75) is 18.9 Å². The number of halogens is 2. The number of para-hydroxylation sites is 2. The number of anilines is 2. The molecule has 2 N–H and O–H groups in total. The van der Waals surface area contributed by atoms with E-state index in [-0.39, 0.29) is 16.7 Å². The molecular weight excluding hydrogens is 331 g/mol. The summed E-state index contributed by atoms with van der Waals surface area (Å²) in [5.74, 6) is -1.02. The number of rotatable bonds is 3. The van der Waals surface area contributed by atoms with Crippen LogP contribution in [0.3, 0.4) is 0 Å². The van der Waals surface area contributed by atoms with Crippen molar-refractivity contribution < 1.29 is 14.3 Å². The van der Waals surface area contributed by atoms with Crippen molar-refractivity contribution in [3.05, 3.63) is 58.9 Å². The molecule has 4 nitrogen and oxygen atoms in total. The summed E-state index contributed by atoms with van der Waals surface area (Å²) in [6, 6.07) is 11.4. The van der Waals surface area contributed by atoms with Gasteiger partial charge in [-0.15, -0.1) is 0 Å². The van der Waals surface area contributed by atoms with Gasteiger partial charge < -0.3 is 15.3 Å². The summed E-state index contributed by atoms with van der Waals surface area (Å²) in [7, 11) is 0. The lowest BCUT2D eigenvalue weighted by molar-refractivity contribution is 0.102. The number of benzene rings is 2. The van der Waals surface area contributed by atoms with E-state index in [0.717, 1.165) is 24.8 Å². The molecule has 0 atom stereocenters. The number of carbonyl (C=O) groups excluding carboxylic acids is 1. The number of aliphatic hydroxyl groups is 1. The van der Waals surface area contributed by atoms with Crippen LogP contribution in [0.15, 0.2) is 42.5 Å². The average molecular weight is 349 g/mol. The lowest BCUT2D eigenvalue weighted by atomic mass is 10.1. The highest BCUT2D eigenvalue weighted by atomic mass is 35.5. The Bertz CT molecular complexity index is 746. The zero-order chi connectivity index (χ0) is 17.1. The third kappa shape index (κ3) is 3.68. The summed E-state index contributed by atoms with van der Waals surface area (Å²) in [6.45, 7) is 1.45. The molecule has 2 aromatic rings. The summed E-state index contributed by atoms with van der Waals surface area (Å²) >= 11 is 5.65. The molecule has 1 saturated heterocycles. The van der Waals surface area contributed by atoms with Crippen LogP contribution in [0.4, 0.5) is 15.8 Å². The van der Waals surface area contributed by atoms with Gasteiger partial charge in [0.1, 0.15) is 5.82 Å². The van der Waals surface area contributed by atoms with Crippen molar-refractivity contribution in [2.24, 2.45) is 0 Å². The topological polar surface area (TPSA) is 52.6 Å². The first kappa shape index (κ1) is 16.7. The van der Waals surface area contributed by atoms with Gasteiger partial charge in [0.15, 0.2) is 0 Å². The Hall–Kier alpha value is -2.11. The minimum atomic E-state index is -0.623. The van der Waals surface area contributed by atoms with Gasteiger partial charge in [-0.1, -0.05) is 23.7 Å². The first-order valence-electron chi connectivity index (χ1n) is 7.83. The molecule has 1 heterocycles. The number of aliphatic hydroxyl groups excluding tert-OH is 1. The van der Waals surface area contributed by atoms with Crippen molar-refractivity contribution in [2.75, 3.05) is 23.3 Å². The van der Waals surface area contributed by atoms with Crippen LogP contribution in [0.5, 0.6) is 0 Å². The number of nitrogens with one attached hydrogen (secondary N) is 1. The third-order valence-corrected chi connectivity index (χ3v) is 4.45. The zero-order valence-corrected chi connectivity index (χ0v) is 13.8. The van der Waals surface area contributed by atoms with Gasteiger partial charge in [0, 0.05) is 18.7 Å². The van der Waals surface area contributed by atoms with Crippen LogP contribution in [-0.4, -0.2) is 30.2 Å². The molecule has 0 saturated carbocycles. The lowest BCUT2D eigenvalue weighted by Crippen LogP contribution is -2.36. The fourth-order valence-corrected chi connectivity index (χ4v) is 2.91. The Labute approximate surface area is 144 Å². The average Bonchev–Trinajstić information content (AvgIpc) is 2.58. The van der Waals surface area contributed by atoms with Crippen LogP contribution in [0.2, 0.25) is 5.02 Å². The second-order valence-corrected chi connectivity index (χ2v) is 6.23. The van der Waals surface area contributed by atoms with E-state index in [1.54, 1.807) is 0 Å². The molecule has 0 aliphatic carbocycles. The predicted molar refractivity (Wildman–Crippen MR) is 93.3 cm³/mol. The van der Waals surface area contributed by atoms with Gasteiger partial charge in [-0.05, 0) is 43.2 Å². The predicted octanol–water partition coefficient (Wildman–Crippen LogP) is 3.69. The maximum atomic E-state index is 13.5. The first-order valence-corrected chi connectivity index (χ1v) is 8.21. The Morgan fingerprint density at radius 3 is 2.62 bits per heavy atom. The van der Waals surface area contributed by atoms with E-state index >= 15 is 0 Å². The summed E-state index contributed by atoms with van der Waals surface area (Å²) < 4.78 is 13.5. The van der Waals surface area contributed by atoms with E-state index in [0.29, 0.717) is 18.5 Å². The highest BCUT2D eigenvalue weighted by Gasteiger charge is 2.20. The molecule has 126 valence electrons. The third-order valence-electron chi connectivity index (χ3n) is 4.14. The quantitative estimate of drug-likeness (QED) is 0.889. The van der Waals surface area contributed by atoms with Crippen LogP contribution in [0.25, 0.3) is 0 Å². The Balaban J connectivity index is 1.80. The number of hydrogen-bond donors (Lipinski definition) is 2. The van der Waals surface area contributed by atoms with E-state index in [2.05, 4.69) is 10.2 Å². The Morgan fingerprint density at radius 1 is 1.21 bits per heavy atom. The number of hydrogen-bond acceptors (Lipinski definition) is 3. The Kier molecular flexibility index (Phi) is 5.02. The summed E-state index contributed by atoms with van der Waals surface area (Å²) in [5.41, 5.74) is 1.77. The van der Waals surface area contributed by atoms with E-state index in [9.17, 15) is 14.3 Å². The molecule has 1 aliphatic rings. The highest BCUT2D eigenvalue weighted by molar-refractivity contribution is 6.30. The molecule has 0 aromatic heterocycles. The standard InChI is InChI=1S/C18H18ClFN2O2/c19-14-6-5-12(11-15(14)20)18(24)21-16-3-1-2-4-17(16)22-9-7-13(23)8-10-22/h1-6,11,13,23H,7-10H2,(H,21,24). The van der Waals surface area contributed by atoms with Gasteiger partial charge in [0.25, 0.3) is 5.91 Å².